The number of carbonyl (C=O) groups is 2. The molecule has 0 saturated heterocycles. The van der Waals surface area contributed by atoms with Crippen LogP contribution in [0.3, 0.4) is 0 Å². The number of amides is 1. The number of anilines is 1. The Labute approximate surface area is 137 Å². The standard InChI is InChI=1S/C18H24N2O3/c21-17(19-14-8-4-2-1-3-5-9-14)12-20-13-18(22)23-16-11-7-6-10-15(16)20/h6-7,10-11,14H,1-5,8-9,12-13H2,(H,19,21). The summed E-state index contributed by atoms with van der Waals surface area (Å²) in [5.74, 6) is 0.199. The molecular weight excluding hydrogens is 292 g/mol. The highest BCUT2D eigenvalue weighted by Crippen LogP contribution is 2.31. The van der Waals surface area contributed by atoms with Gasteiger partial charge in [-0.05, 0) is 25.0 Å². The summed E-state index contributed by atoms with van der Waals surface area (Å²) in [6.45, 7) is 0.317. The minimum Gasteiger partial charge on any atom is -0.423 e. The van der Waals surface area contributed by atoms with E-state index in [4.69, 9.17) is 4.74 Å². The van der Waals surface area contributed by atoms with Gasteiger partial charge in [0.05, 0.1) is 12.2 Å². The van der Waals surface area contributed by atoms with Crippen molar-refractivity contribution in [2.45, 2.75) is 51.0 Å². The van der Waals surface area contributed by atoms with Crippen LogP contribution in [-0.4, -0.2) is 31.0 Å². The van der Waals surface area contributed by atoms with E-state index < -0.39 is 0 Å². The Morgan fingerprint density at radius 3 is 2.61 bits per heavy atom. The lowest BCUT2D eigenvalue weighted by Crippen LogP contribution is -2.46. The number of esters is 1. The highest BCUT2D eigenvalue weighted by molar-refractivity contribution is 5.89. The van der Waals surface area contributed by atoms with Crippen LogP contribution >= 0.6 is 0 Å². The van der Waals surface area contributed by atoms with E-state index in [1.807, 2.05) is 18.2 Å². The lowest BCUT2D eigenvalue weighted by Gasteiger charge is -2.30. The first kappa shape index (κ1) is 15.8. The summed E-state index contributed by atoms with van der Waals surface area (Å²) in [6.07, 6.45) is 8.32. The van der Waals surface area contributed by atoms with E-state index >= 15 is 0 Å². The zero-order chi connectivity index (χ0) is 16.1. The molecule has 3 rings (SSSR count). The van der Waals surface area contributed by atoms with Crippen LogP contribution in [0.1, 0.15) is 44.9 Å². The molecular formula is C18H24N2O3. The van der Waals surface area contributed by atoms with Crippen molar-refractivity contribution in [3.8, 4) is 5.75 Å². The normalized spacial score (nSPS) is 19.3. The second kappa shape index (κ2) is 7.49. The Balaban J connectivity index is 1.60. The van der Waals surface area contributed by atoms with Crippen LogP contribution in [0.5, 0.6) is 5.75 Å². The molecule has 5 heteroatoms. The van der Waals surface area contributed by atoms with E-state index in [2.05, 4.69) is 5.32 Å². The minimum atomic E-state index is -0.317. The molecule has 1 N–H and O–H groups in total. The summed E-state index contributed by atoms with van der Waals surface area (Å²) in [6, 6.07) is 7.62. The van der Waals surface area contributed by atoms with Gasteiger partial charge >= 0.3 is 5.97 Å². The van der Waals surface area contributed by atoms with E-state index in [0.717, 1.165) is 18.5 Å². The zero-order valence-electron chi connectivity index (χ0n) is 13.4. The fraction of sp³-hybridized carbons (Fsp3) is 0.556. The van der Waals surface area contributed by atoms with E-state index in [1.165, 1.54) is 32.1 Å². The Morgan fingerprint density at radius 1 is 1.13 bits per heavy atom. The van der Waals surface area contributed by atoms with Gasteiger partial charge in [0, 0.05) is 6.04 Å². The average molecular weight is 316 g/mol. The van der Waals surface area contributed by atoms with Crippen molar-refractivity contribution in [1.29, 1.82) is 0 Å². The van der Waals surface area contributed by atoms with Crippen LogP contribution in [-0.2, 0) is 9.59 Å². The van der Waals surface area contributed by atoms with E-state index in [1.54, 1.807) is 11.0 Å². The smallest absolute Gasteiger partial charge is 0.331 e. The van der Waals surface area contributed by atoms with Gasteiger partial charge in [-0.2, -0.15) is 0 Å². The minimum absolute atomic E-state index is 0.0138. The molecule has 0 spiro atoms. The van der Waals surface area contributed by atoms with Gasteiger partial charge in [0.15, 0.2) is 5.75 Å². The zero-order valence-corrected chi connectivity index (χ0v) is 13.4. The number of para-hydroxylation sites is 2. The predicted molar refractivity (Wildman–Crippen MR) is 88.5 cm³/mol. The van der Waals surface area contributed by atoms with Crippen molar-refractivity contribution in [2.75, 3.05) is 18.0 Å². The second-order valence-corrected chi connectivity index (χ2v) is 6.41. The summed E-state index contributed by atoms with van der Waals surface area (Å²) in [5.41, 5.74) is 0.805. The lowest BCUT2D eigenvalue weighted by molar-refractivity contribution is -0.133. The number of fused-ring (bicyclic) bond motifs is 1. The van der Waals surface area contributed by atoms with Crippen molar-refractivity contribution < 1.29 is 14.3 Å². The molecule has 0 atom stereocenters. The van der Waals surface area contributed by atoms with Crippen LogP contribution in [0.2, 0.25) is 0 Å². The van der Waals surface area contributed by atoms with Crippen LogP contribution in [0.15, 0.2) is 24.3 Å². The molecule has 0 unspecified atom stereocenters. The van der Waals surface area contributed by atoms with Gasteiger partial charge in [0.2, 0.25) is 5.91 Å². The summed E-state index contributed by atoms with van der Waals surface area (Å²) < 4.78 is 5.21. The van der Waals surface area contributed by atoms with E-state index in [-0.39, 0.29) is 31.0 Å². The first-order valence-electron chi connectivity index (χ1n) is 8.56. The van der Waals surface area contributed by atoms with E-state index in [0.29, 0.717) is 5.75 Å². The van der Waals surface area contributed by atoms with Crippen molar-refractivity contribution in [3.05, 3.63) is 24.3 Å². The van der Waals surface area contributed by atoms with Gasteiger partial charge in [-0.15, -0.1) is 0 Å². The Bertz CT molecular complexity index is 565. The first-order valence-corrected chi connectivity index (χ1v) is 8.56. The Hall–Kier alpha value is -2.04. The maximum atomic E-state index is 12.4. The van der Waals surface area contributed by atoms with Gasteiger partial charge in [-0.3, -0.25) is 4.79 Å². The van der Waals surface area contributed by atoms with Crippen molar-refractivity contribution in [3.63, 3.8) is 0 Å². The molecule has 1 saturated carbocycles. The van der Waals surface area contributed by atoms with Crippen LogP contribution in [0.4, 0.5) is 5.69 Å². The SMILES string of the molecule is O=C(CN1CC(=O)Oc2ccccc21)NC1CCCCCCC1. The third-order valence-electron chi connectivity index (χ3n) is 4.55. The summed E-state index contributed by atoms with van der Waals surface area (Å²) >= 11 is 0. The van der Waals surface area contributed by atoms with Gasteiger partial charge in [-0.1, -0.05) is 44.2 Å². The number of benzene rings is 1. The molecule has 5 nitrogen and oxygen atoms in total. The number of ether oxygens (including phenoxy) is 1. The van der Waals surface area contributed by atoms with Crippen LogP contribution in [0, 0.1) is 0 Å². The molecule has 1 aliphatic carbocycles. The van der Waals surface area contributed by atoms with Gasteiger partial charge < -0.3 is 15.0 Å². The quantitative estimate of drug-likeness (QED) is 0.688. The number of hydrogen-bond donors (Lipinski definition) is 1. The predicted octanol–water partition coefficient (Wildman–Crippen LogP) is 2.64. The summed E-state index contributed by atoms with van der Waals surface area (Å²) in [5, 5.41) is 3.15. The maximum absolute atomic E-state index is 12.4. The second-order valence-electron chi connectivity index (χ2n) is 6.41. The molecule has 0 bridgehead atoms. The van der Waals surface area contributed by atoms with Crippen molar-refractivity contribution in [2.24, 2.45) is 0 Å². The largest absolute Gasteiger partial charge is 0.423 e. The Morgan fingerprint density at radius 2 is 1.83 bits per heavy atom. The van der Waals surface area contributed by atoms with Crippen LogP contribution < -0.4 is 15.0 Å². The molecule has 1 heterocycles. The number of nitrogens with zero attached hydrogens (tertiary/aromatic N) is 1. The molecule has 1 aliphatic heterocycles. The first-order chi connectivity index (χ1) is 11.2. The summed E-state index contributed by atoms with van der Waals surface area (Å²) in [7, 11) is 0. The topological polar surface area (TPSA) is 58.6 Å². The number of carbonyl (C=O) groups excluding carboxylic acids is 2. The third kappa shape index (κ3) is 4.24. The van der Waals surface area contributed by atoms with Crippen molar-refractivity contribution >= 4 is 17.6 Å². The fourth-order valence-corrected chi connectivity index (χ4v) is 3.39. The lowest BCUT2D eigenvalue weighted by atomic mass is 9.97. The molecule has 1 aromatic carbocycles. The number of hydrogen-bond acceptors (Lipinski definition) is 4. The third-order valence-corrected chi connectivity index (χ3v) is 4.55. The molecule has 23 heavy (non-hydrogen) atoms. The molecule has 0 radical (unpaired) electrons. The number of rotatable bonds is 3. The fourth-order valence-electron chi connectivity index (χ4n) is 3.39. The Kier molecular flexibility index (Phi) is 5.16. The molecule has 124 valence electrons. The summed E-state index contributed by atoms with van der Waals surface area (Å²) in [4.78, 5) is 25.9. The van der Waals surface area contributed by atoms with Gasteiger partial charge in [0.25, 0.3) is 0 Å². The van der Waals surface area contributed by atoms with Gasteiger partial charge in [-0.25, -0.2) is 4.79 Å². The maximum Gasteiger partial charge on any atom is 0.331 e. The monoisotopic (exact) mass is 316 g/mol. The molecule has 0 aromatic heterocycles. The highest BCUT2D eigenvalue weighted by atomic mass is 16.5. The molecule has 2 aliphatic rings. The molecule has 1 aromatic rings. The molecule has 1 fully saturated rings. The highest BCUT2D eigenvalue weighted by Gasteiger charge is 2.25. The van der Waals surface area contributed by atoms with Gasteiger partial charge in [0.1, 0.15) is 6.54 Å². The molecule has 1 amide bonds. The van der Waals surface area contributed by atoms with Crippen LogP contribution in [0.25, 0.3) is 0 Å². The van der Waals surface area contributed by atoms with E-state index in [9.17, 15) is 9.59 Å². The average Bonchev–Trinajstić information content (AvgIpc) is 2.49. The van der Waals surface area contributed by atoms with Crippen molar-refractivity contribution in [1.82, 2.24) is 5.32 Å². The number of nitrogens with one attached hydrogen (secondary N) is 1.